The smallest absolute Gasteiger partial charge is 0.157 e. The fourth-order valence-corrected chi connectivity index (χ4v) is 2.89. The number of phenols is 2. The van der Waals surface area contributed by atoms with Crippen molar-refractivity contribution < 1.29 is 10.2 Å². The van der Waals surface area contributed by atoms with Gasteiger partial charge in [0.15, 0.2) is 11.5 Å². The van der Waals surface area contributed by atoms with Crippen LogP contribution in [0.4, 0.5) is 0 Å². The highest BCUT2D eigenvalue weighted by Crippen LogP contribution is 2.28. The third kappa shape index (κ3) is 3.16. The lowest BCUT2D eigenvalue weighted by Crippen LogP contribution is -2.37. The van der Waals surface area contributed by atoms with Crippen molar-refractivity contribution in [1.29, 1.82) is 0 Å². The highest BCUT2D eigenvalue weighted by Gasteiger charge is 2.22. The molecule has 0 aliphatic heterocycles. The van der Waals surface area contributed by atoms with Gasteiger partial charge in [-0.25, -0.2) is 0 Å². The molecule has 1 fully saturated rings. The highest BCUT2D eigenvalue weighted by atomic mass is 16.3. The van der Waals surface area contributed by atoms with Crippen LogP contribution in [0.3, 0.4) is 0 Å². The summed E-state index contributed by atoms with van der Waals surface area (Å²) < 4.78 is 0. The van der Waals surface area contributed by atoms with Gasteiger partial charge >= 0.3 is 0 Å². The average molecular weight is 249 g/mol. The van der Waals surface area contributed by atoms with E-state index in [2.05, 4.69) is 12.2 Å². The Labute approximate surface area is 109 Å². The molecule has 0 bridgehead atoms. The Hall–Kier alpha value is -1.22. The summed E-state index contributed by atoms with van der Waals surface area (Å²) in [5.41, 5.74) is 1.02. The van der Waals surface area contributed by atoms with Crippen LogP contribution >= 0.6 is 0 Å². The summed E-state index contributed by atoms with van der Waals surface area (Å²) in [6.07, 6.45) is 6.49. The molecule has 3 N–H and O–H groups in total. The van der Waals surface area contributed by atoms with Gasteiger partial charge in [-0.05, 0) is 36.5 Å². The molecule has 2 atom stereocenters. The quantitative estimate of drug-likeness (QED) is 0.718. The number of benzene rings is 1. The van der Waals surface area contributed by atoms with E-state index in [0.717, 1.165) is 18.0 Å². The van der Waals surface area contributed by atoms with Gasteiger partial charge in [-0.2, -0.15) is 0 Å². The fourth-order valence-electron chi connectivity index (χ4n) is 2.89. The van der Waals surface area contributed by atoms with Crippen molar-refractivity contribution in [2.45, 2.75) is 51.6 Å². The van der Waals surface area contributed by atoms with Gasteiger partial charge in [-0.3, -0.25) is 0 Å². The zero-order chi connectivity index (χ0) is 13.0. The van der Waals surface area contributed by atoms with E-state index in [9.17, 15) is 10.2 Å². The molecule has 0 radical (unpaired) electrons. The summed E-state index contributed by atoms with van der Waals surface area (Å²) in [5, 5.41) is 22.3. The average Bonchev–Trinajstić information content (AvgIpc) is 2.40. The summed E-state index contributed by atoms with van der Waals surface area (Å²) in [4.78, 5) is 0. The second-order valence-corrected chi connectivity index (χ2v) is 5.26. The normalized spacial score (nSPS) is 24.1. The molecule has 1 aromatic carbocycles. The summed E-state index contributed by atoms with van der Waals surface area (Å²) in [6.45, 7) is 3.02. The van der Waals surface area contributed by atoms with Crippen LogP contribution in [0.15, 0.2) is 18.2 Å². The first-order valence-corrected chi connectivity index (χ1v) is 6.95. The van der Waals surface area contributed by atoms with Gasteiger partial charge in [-0.1, -0.05) is 32.3 Å². The van der Waals surface area contributed by atoms with E-state index >= 15 is 0 Å². The Bertz CT molecular complexity index is 392. The van der Waals surface area contributed by atoms with Crippen LogP contribution < -0.4 is 5.32 Å². The predicted octanol–water partition coefficient (Wildman–Crippen LogP) is 3.16. The topological polar surface area (TPSA) is 52.5 Å². The molecule has 0 amide bonds. The lowest BCUT2D eigenvalue weighted by molar-refractivity contribution is 0.254. The van der Waals surface area contributed by atoms with Crippen molar-refractivity contribution in [1.82, 2.24) is 5.32 Å². The van der Waals surface area contributed by atoms with E-state index in [1.165, 1.54) is 32.1 Å². The molecule has 0 heterocycles. The number of rotatable bonds is 4. The number of phenolic OH excluding ortho intramolecular Hbond substituents is 2. The number of nitrogens with one attached hydrogen (secondary N) is 1. The Morgan fingerprint density at radius 3 is 2.67 bits per heavy atom. The van der Waals surface area contributed by atoms with Gasteiger partial charge in [0.2, 0.25) is 0 Å². The SMILES string of the molecule is CCC1CCCCC1NCc1ccc(O)c(O)c1. The van der Waals surface area contributed by atoms with E-state index in [-0.39, 0.29) is 11.5 Å². The monoisotopic (exact) mass is 249 g/mol. The molecule has 3 heteroatoms. The molecule has 2 unspecified atom stereocenters. The minimum atomic E-state index is -0.0529. The third-order valence-electron chi connectivity index (χ3n) is 4.04. The Balaban J connectivity index is 1.91. The number of hydrogen-bond acceptors (Lipinski definition) is 3. The van der Waals surface area contributed by atoms with Gasteiger partial charge < -0.3 is 15.5 Å². The maximum absolute atomic E-state index is 9.46. The lowest BCUT2D eigenvalue weighted by atomic mass is 9.83. The first-order chi connectivity index (χ1) is 8.70. The molecule has 18 heavy (non-hydrogen) atoms. The van der Waals surface area contributed by atoms with Crippen molar-refractivity contribution in [2.24, 2.45) is 5.92 Å². The van der Waals surface area contributed by atoms with Crippen molar-refractivity contribution in [3.8, 4) is 11.5 Å². The first kappa shape index (κ1) is 13.2. The minimum Gasteiger partial charge on any atom is -0.504 e. The largest absolute Gasteiger partial charge is 0.504 e. The van der Waals surface area contributed by atoms with Crippen LogP contribution in [-0.4, -0.2) is 16.3 Å². The first-order valence-electron chi connectivity index (χ1n) is 6.95. The highest BCUT2D eigenvalue weighted by molar-refractivity contribution is 5.40. The van der Waals surface area contributed by atoms with Crippen molar-refractivity contribution >= 4 is 0 Å². The molecular formula is C15H23NO2. The Morgan fingerprint density at radius 2 is 1.94 bits per heavy atom. The predicted molar refractivity (Wildman–Crippen MR) is 72.6 cm³/mol. The molecule has 1 saturated carbocycles. The van der Waals surface area contributed by atoms with Crippen LogP contribution in [-0.2, 0) is 6.54 Å². The minimum absolute atomic E-state index is 0.0371. The number of aromatic hydroxyl groups is 2. The zero-order valence-corrected chi connectivity index (χ0v) is 11.0. The fraction of sp³-hybridized carbons (Fsp3) is 0.600. The third-order valence-corrected chi connectivity index (χ3v) is 4.04. The van der Waals surface area contributed by atoms with E-state index in [1.807, 2.05) is 6.07 Å². The Kier molecular flexibility index (Phi) is 4.48. The van der Waals surface area contributed by atoms with E-state index in [0.29, 0.717) is 6.04 Å². The van der Waals surface area contributed by atoms with E-state index in [4.69, 9.17) is 0 Å². The van der Waals surface area contributed by atoms with Gasteiger partial charge in [0.1, 0.15) is 0 Å². The maximum Gasteiger partial charge on any atom is 0.157 e. The standard InChI is InChI=1S/C15H23NO2/c1-2-12-5-3-4-6-13(12)16-10-11-7-8-14(17)15(18)9-11/h7-9,12-13,16-18H,2-6,10H2,1H3. The molecule has 0 spiro atoms. The molecule has 0 aromatic heterocycles. The van der Waals surface area contributed by atoms with Gasteiger partial charge in [0.25, 0.3) is 0 Å². The van der Waals surface area contributed by atoms with Gasteiger partial charge in [0.05, 0.1) is 0 Å². The molecule has 2 rings (SSSR count). The van der Waals surface area contributed by atoms with Crippen molar-refractivity contribution in [2.75, 3.05) is 0 Å². The lowest BCUT2D eigenvalue weighted by Gasteiger charge is -2.31. The van der Waals surface area contributed by atoms with Crippen LogP contribution in [0.1, 0.15) is 44.6 Å². The van der Waals surface area contributed by atoms with Crippen LogP contribution in [0.5, 0.6) is 11.5 Å². The second kappa shape index (κ2) is 6.10. The van der Waals surface area contributed by atoms with Gasteiger partial charge in [-0.15, -0.1) is 0 Å². The van der Waals surface area contributed by atoms with Crippen LogP contribution in [0.2, 0.25) is 0 Å². The van der Waals surface area contributed by atoms with E-state index in [1.54, 1.807) is 12.1 Å². The summed E-state index contributed by atoms with van der Waals surface area (Å²) in [6, 6.07) is 5.63. The molecular weight excluding hydrogens is 226 g/mol. The van der Waals surface area contributed by atoms with Crippen LogP contribution in [0, 0.1) is 5.92 Å². The molecule has 3 nitrogen and oxygen atoms in total. The van der Waals surface area contributed by atoms with Gasteiger partial charge in [0, 0.05) is 12.6 Å². The molecule has 1 aromatic rings. The zero-order valence-electron chi connectivity index (χ0n) is 11.0. The molecule has 0 saturated heterocycles. The second-order valence-electron chi connectivity index (χ2n) is 5.26. The van der Waals surface area contributed by atoms with E-state index < -0.39 is 0 Å². The molecule has 1 aliphatic rings. The summed E-state index contributed by atoms with van der Waals surface area (Å²) in [5.74, 6) is 0.692. The van der Waals surface area contributed by atoms with Crippen molar-refractivity contribution in [3.63, 3.8) is 0 Å². The number of hydrogen-bond donors (Lipinski definition) is 3. The summed E-state index contributed by atoms with van der Waals surface area (Å²) in [7, 11) is 0. The molecule has 1 aliphatic carbocycles. The maximum atomic E-state index is 9.46. The van der Waals surface area contributed by atoms with Crippen LogP contribution in [0.25, 0.3) is 0 Å². The molecule has 100 valence electrons. The van der Waals surface area contributed by atoms with Crippen molar-refractivity contribution in [3.05, 3.63) is 23.8 Å². The summed E-state index contributed by atoms with van der Waals surface area (Å²) >= 11 is 0. The Morgan fingerprint density at radius 1 is 1.17 bits per heavy atom.